The molecule has 3 rings (SSSR count). The van der Waals surface area contributed by atoms with Crippen LogP contribution in [0.2, 0.25) is 0 Å². The van der Waals surface area contributed by atoms with Gasteiger partial charge in [-0.2, -0.15) is 0 Å². The van der Waals surface area contributed by atoms with Crippen LogP contribution in [0.5, 0.6) is 0 Å². The van der Waals surface area contributed by atoms with Crippen LogP contribution >= 0.6 is 11.8 Å². The summed E-state index contributed by atoms with van der Waals surface area (Å²) in [6.45, 7) is 0. The molecule has 0 saturated carbocycles. The summed E-state index contributed by atoms with van der Waals surface area (Å²) >= 11 is 1.77. The molecule has 0 heterocycles. The quantitative estimate of drug-likeness (QED) is 0.621. The first-order valence-corrected chi connectivity index (χ1v) is 9.37. The monoisotopic (exact) mass is 347 g/mol. The number of carbonyl (C=O) groups excluding carboxylic acids is 1. The summed E-state index contributed by atoms with van der Waals surface area (Å²) in [7, 11) is 0. The highest BCUT2D eigenvalue weighted by Gasteiger charge is 2.15. The van der Waals surface area contributed by atoms with E-state index in [1.165, 1.54) is 10.5 Å². The van der Waals surface area contributed by atoms with Crippen molar-refractivity contribution in [2.45, 2.75) is 17.4 Å². The van der Waals surface area contributed by atoms with E-state index in [1.54, 1.807) is 11.8 Å². The first kappa shape index (κ1) is 17.3. The zero-order valence-corrected chi connectivity index (χ0v) is 14.8. The molecule has 1 unspecified atom stereocenters. The van der Waals surface area contributed by atoms with E-state index in [9.17, 15) is 4.79 Å². The normalized spacial score (nSPS) is 11.7. The summed E-state index contributed by atoms with van der Waals surface area (Å²) in [6, 6.07) is 30.1. The van der Waals surface area contributed by atoms with Crippen molar-refractivity contribution in [3.63, 3.8) is 0 Å². The Bertz CT molecular complexity index is 775. The first-order valence-electron chi connectivity index (χ1n) is 8.39. The molecule has 3 aromatic rings. The van der Waals surface area contributed by atoms with Crippen LogP contribution < -0.4 is 5.32 Å². The lowest BCUT2D eigenvalue weighted by Gasteiger charge is -2.19. The highest BCUT2D eigenvalue weighted by atomic mass is 32.2. The Labute approximate surface area is 153 Å². The maximum atomic E-state index is 12.5. The number of amides is 1. The number of hydrogen-bond acceptors (Lipinski definition) is 2. The molecule has 3 heteroatoms. The molecular weight excluding hydrogens is 326 g/mol. The maximum absolute atomic E-state index is 12.5. The average molecular weight is 347 g/mol. The third-order valence-electron chi connectivity index (χ3n) is 3.89. The van der Waals surface area contributed by atoms with Crippen LogP contribution in [0.15, 0.2) is 95.9 Å². The molecule has 3 aromatic carbocycles. The second-order valence-electron chi connectivity index (χ2n) is 5.85. The van der Waals surface area contributed by atoms with Gasteiger partial charge in [-0.3, -0.25) is 4.79 Å². The molecule has 1 atom stereocenters. The van der Waals surface area contributed by atoms with Gasteiger partial charge >= 0.3 is 0 Å². The summed E-state index contributed by atoms with van der Waals surface area (Å²) in [5.41, 5.74) is 1.93. The van der Waals surface area contributed by atoms with Gasteiger partial charge in [0.1, 0.15) is 0 Å². The van der Waals surface area contributed by atoms with Gasteiger partial charge in [-0.1, -0.05) is 66.7 Å². The van der Waals surface area contributed by atoms with Gasteiger partial charge in [0.2, 0.25) is 0 Å². The SMILES string of the molecule is O=C(NC(CSc1ccccc1)Cc1ccccc1)c1ccccc1. The van der Waals surface area contributed by atoms with E-state index < -0.39 is 0 Å². The van der Waals surface area contributed by atoms with Crippen molar-refractivity contribution >= 4 is 17.7 Å². The molecule has 0 aliphatic heterocycles. The van der Waals surface area contributed by atoms with Crippen molar-refractivity contribution in [2.75, 3.05) is 5.75 Å². The molecule has 0 bridgehead atoms. The minimum atomic E-state index is -0.0183. The Hall–Kier alpha value is -2.52. The van der Waals surface area contributed by atoms with E-state index in [1.807, 2.05) is 66.7 Å². The Kier molecular flexibility index (Phi) is 6.29. The van der Waals surface area contributed by atoms with Crippen molar-refractivity contribution in [3.05, 3.63) is 102 Å². The van der Waals surface area contributed by atoms with Gasteiger partial charge in [-0.15, -0.1) is 11.8 Å². The third-order valence-corrected chi connectivity index (χ3v) is 5.07. The van der Waals surface area contributed by atoms with E-state index in [-0.39, 0.29) is 11.9 Å². The Morgan fingerprint density at radius 3 is 2.00 bits per heavy atom. The predicted molar refractivity (Wildman–Crippen MR) is 105 cm³/mol. The molecule has 1 amide bonds. The third kappa shape index (κ3) is 5.50. The van der Waals surface area contributed by atoms with Crippen LogP contribution in [0.4, 0.5) is 0 Å². The van der Waals surface area contributed by atoms with Crippen LogP contribution in [0.25, 0.3) is 0 Å². The molecular formula is C22H21NOS. The summed E-state index contributed by atoms with van der Waals surface area (Å²) < 4.78 is 0. The molecule has 2 nitrogen and oxygen atoms in total. The fraction of sp³-hybridized carbons (Fsp3) is 0.136. The second-order valence-corrected chi connectivity index (χ2v) is 6.94. The molecule has 126 valence electrons. The average Bonchev–Trinajstić information content (AvgIpc) is 2.68. The summed E-state index contributed by atoms with van der Waals surface area (Å²) in [6.07, 6.45) is 0.819. The van der Waals surface area contributed by atoms with Gasteiger partial charge in [-0.25, -0.2) is 0 Å². The smallest absolute Gasteiger partial charge is 0.251 e. The molecule has 0 saturated heterocycles. The largest absolute Gasteiger partial charge is 0.348 e. The molecule has 0 aliphatic rings. The lowest BCUT2D eigenvalue weighted by Crippen LogP contribution is -2.38. The van der Waals surface area contributed by atoms with Crippen molar-refractivity contribution < 1.29 is 4.79 Å². The minimum Gasteiger partial charge on any atom is -0.348 e. The number of carbonyl (C=O) groups is 1. The maximum Gasteiger partial charge on any atom is 0.251 e. The fourth-order valence-corrected chi connectivity index (χ4v) is 3.57. The van der Waals surface area contributed by atoms with Gasteiger partial charge in [0, 0.05) is 22.3 Å². The molecule has 25 heavy (non-hydrogen) atoms. The molecule has 1 N–H and O–H groups in total. The zero-order chi connectivity index (χ0) is 17.3. The van der Waals surface area contributed by atoms with E-state index in [4.69, 9.17) is 0 Å². The number of benzene rings is 3. The zero-order valence-electron chi connectivity index (χ0n) is 14.0. The summed E-state index contributed by atoms with van der Waals surface area (Å²) in [5, 5.41) is 3.19. The van der Waals surface area contributed by atoms with E-state index in [2.05, 4.69) is 29.6 Å². The van der Waals surface area contributed by atoms with Crippen LogP contribution in [0, 0.1) is 0 Å². The fourth-order valence-electron chi connectivity index (χ4n) is 2.62. The minimum absolute atomic E-state index is 0.0183. The van der Waals surface area contributed by atoms with E-state index in [0.29, 0.717) is 5.56 Å². The van der Waals surface area contributed by atoms with Crippen LogP contribution in [-0.2, 0) is 6.42 Å². The summed E-state index contributed by atoms with van der Waals surface area (Å²) in [5.74, 6) is 0.812. The van der Waals surface area contributed by atoms with Crippen molar-refractivity contribution in [2.24, 2.45) is 0 Å². The molecule has 0 fully saturated rings. The highest BCUT2D eigenvalue weighted by molar-refractivity contribution is 7.99. The predicted octanol–water partition coefficient (Wildman–Crippen LogP) is 4.82. The summed E-state index contributed by atoms with van der Waals surface area (Å²) in [4.78, 5) is 13.8. The molecule has 0 aromatic heterocycles. The Morgan fingerprint density at radius 1 is 0.800 bits per heavy atom. The second kappa shape index (κ2) is 9.09. The van der Waals surface area contributed by atoms with Crippen molar-refractivity contribution in [3.8, 4) is 0 Å². The Morgan fingerprint density at radius 2 is 1.36 bits per heavy atom. The van der Waals surface area contributed by atoms with Crippen LogP contribution in [0.1, 0.15) is 15.9 Å². The van der Waals surface area contributed by atoms with Crippen LogP contribution in [-0.4, -0.2) is 17.7 Å². The topological polar surface area (TPSA) is 29.1 Å². The number of thioether (sulfide) groups is 1. The van der Waals surface area contributed by atoms with Gasteiger partial charge in [-0.05, 0) is 36.2 Å². The highest BCUT2D eigenvalue weighted by Crippen LogP contribution is 2.19. The van der Waals surface area contributed by atoms with Gasteiger partial charge < -0.3 is 5.32 Å². The van der Waals surface area contributed by atoms with Crippen molar-refractivity contribution in [1.29, 1.82) is 0 Å². The number of rotatable bonds is 7. The van der Waals surface area contributed by atoms with Crippen LogP contribution in [0.3, 0.4) is 0 Å². The number of nitrogens with one attached hydrogen (secondary N) is 1. The van der Waals surface area contributed by atoms with Gasteiger partial charge in [0.05, 0.1) is 0 Å². The first-order chi connectivity index (χ1) is 12.3. The van der Waals surface area contributed by atoms with Gasteiger partial charge in [0.25, 0.3) is 5.91 Å². The van der Waals surface area contributed by atoms with E-state index >= 15 is 0 Å². The number of hydrogen-bond donors (Lipinski definition) is 1. The lowest BCUT2D eigenvalue weighted by atomic mass is 10.1. The van der Waals surface area contributed by atoms with Gasteiger partial charge in [0.15, 0.2) is 0 Å². The Balaban J connectivity index is 1.68. The van der Waals surface area contributed by atoms with Crippen molar-refractivity contribution in [1.82, 2.24) is 5.32 Å². The molecule has 0 radical (unpaired) electrons. The molecule has 0 aliphatic carbocycles. The van der Waals surface area contributed by atoms with E-state index in [0.717, 1.165) is 12.2 Å². The lowest BCUT2D eigenvalue weighted by molar-refractivity contribution is 0.0941. The molecule has 0 spiro atoms. The standard InChI is InChI=1S/C22H21NOS/c24-22(19-12-6-2-7-13-19)23-20(16-18-10-4-1-5-11-18)17-25-21-14-8-3-9-15-21/h1-15,20H,16-17H2,(H,23,24).